The lowest BCUT2D eigenvalue weighted by atomic mass is 10.00. The highest BCUT2D eigenvalue weighted by Gasteiger charge is 2.27. The highest BCUT2D eigenvalue weighted by molar-refractivity contribution is 5.94. The summed E-state index contributed by atoms with van der Waals surface area (Å²) in [4.78, 5) is 29.3. The Labute approximate surface area is 183 Å². The summed E-state index contributed by atoms with van der Waals surface area (Å²) in [6.45, 7) is 0.623. The number of aromatic nitrogens is 2. The molecule has 2 N–H and O–H groups in total. The Morgan fingerprint density at radius 2 is 2.19 bits per heavy atom. The van der Waals surface area contributed by atoms with Crippen molar-refractivity contribution in [1.82, 2.24) is 14.9 Å². The molecule has 1 aromatic heterocycles. The summed E-state index contributed by atoms with van der Waals surface area (Å²) in [5.74, 6) is -0.609. The SMILES string of the molecule is CNC(=O)c1ccc(Cc2cc3c(=O)n([C@H]4CCOC[C@@H]4O)cnc3cc2OC)cc1F. The van der Waals surface area contributed by atoms with Crippen LogP contribution < -0.4 is 15.6 Å². The zero-order valence-corrected chi connectivity index (χ0v) is 17.8. The van der Waals surface area contributed by atoms with Crippen molar-refractivity contribution in [1.29, 1.82) is 0 Å². The van der Waals surface area contributed by atoms with Gasteiger partial charge in [-0.2, -0.15) is 0 Å². The van der Waals surface area contributed by atoms with E-state index < -0.39 is 23.9 Å². The molecule has 9 heteroatoms. The number of amides is 1. The zero-order chi connectivity index (χ0) is 22.8. The Bertz CT molecular complexity index is 1230. The smallest absolute Gasteiger partial charge is 0.261 e. The Morgan fingerprint density at radius 1 is 1.38 bits per heavy atom. The van der Waals surface area contributed by atoms with E-state index in [1.165, 1.54) is 37.2 Å². The highest BCUT2D eigenvalue weighted by Crippen LogP contribution is 2.27. The van der Waals surface area contributed by atoms with E-state index in [1.807, 2.05) is 0 Å². The lowest BCUT2D eigenvalue weighted by Gasteiger charge is -2.29. The summed E-state index contributed by atoms with van der Waals surface area (Å²) < 4.78 is 26.6. The third-order valence-electron chi connectivity index (χ3n) is 5.73. The fourth-order valence-electron chi connectivity index (χ4n) is 4.02. The van der Waals surface area contributed by atoms with E-state index in [4.69, 9.17) is 9.47 Å². The maximum atomic E-state index is 14.4. The minimum Gasteiger partial charge on any atom is -0.496 e. The van der Waals surface area contributed by atoms with Gasteiger partial charge in [-0.05, 0) is 35.7 Å². The Kier molecular flexibility index (Phi) is 6.20. The highest BCUT2D eigenvalue weighted by atomic mass is 19.1. The molecule has 1 saturated heterocycles. The number of methoxy groups -OCH3 is 1. The maximum Gasteiger partial charge on any atom is 0.261 e. The number of aliphatic hydroxyl groups is 1. The van der Waals surface area contributed by atoms with Gasteiger partial charge >= 0.3 is 0 Å². The number of carbonyl (C=O) groups excluding carboxylic acids is 1. The largest absolute Gasteiger partial charge is 0.496 e. The van der Waals surface area contributed by atoms with Crippen molar-refractivity contribution in [2.24, 2.45) is 0 Å². The van der Waals surface area contributed by atoms with Crippen molar-refractivity contribution < 1.29 is 23.8 Å². The number of ether oxygens (including phenoxy) is 2. The number of benzene rings is 2. The first-order valence-corrected chi connectivity index (χ1v) is 10.3. The average molecular weight is 441 g/mol. The summed E-state index contributed by atoms with van der Waals surface area (Å²) in [7, 11) is 2.95. The van der Waals surface area contributed by atoms with E-state index in [-0.39, 0.29) is 24.2 Å². The second-order valence-electron chi connectivity index (χ2n) is 7.71. The summed E-state index contributed by atoms with van der Waals surface area (Å²) in [5.41, 5.74) is 1.46. The van der Waals surface area contributed by atoms with Crippen molar-refractivity contribution in [3.63, 3.8) is 0 Å². The average Bonchev–Trinajstić information content (AvgIpc) is 2.79. The van der Waals surface area contributed by atoms with Crippen LogP contribution in [0.1, 0.15) is 33.9 Å². The van der Waals surface area contributed by atoms with Crippen LogP contribution in [0.25, 0.3) is 10.9 Å². The lowest BCUT2D eigenvalue weighted by Crippen LogP contribution is -2.39. The van der Waals surface area contributed by atoms with Gasteiger partial charge in [0.1, 0.15) is 11.6 Å². The topological polar surface area (TPSA) is 103 Å². The molecule has 1 aliphatic heterocycles. The maximum absolute atomic E-state index is 14.4. The monoisotopic (exact) mass is 441 g/mol. The Morgan fingerprint density at radius 3 is 2.88 bits per heavy atom. The van der Waals surface area contributed by atoms with E-state index in [0.29, 0.717) is 40.8 Å². The summed E-state index contributed by atoms with van der Waals surface area (Å²) >= 11 is 0. The molecular weight excluding hydrogens is 417 g/mol. The van der Waals surface area contributed by atoms with Crippen LogP contribution in [-0.4, -0.2) is 54.0 Å². The first-order chi connectivity index (χ1) is 15.4. The predicted octanol–water partition coefficient (Wildman–Crippen LogP) is 1.82. The predicted molar refractivity (Wildman–Crippen MR) is 116 cm³/mol. The van der Waals surface area contributed by atoms with Gasteiger partial charge in [0.15, 0.2) is 0 Å². The standard InChI is InChI=1S/C23H24FN3O5/c1-25-22(29)15-4-3-13(8-17(15)24)7-14-9-16-18(10-21(14)31-2)26-12-27(23(16)30)19-5-6-32-11-20(19)28/h3-4,8-10,12,19-20,28H,5-7,11H2,1-2H3,(H,25,29)/t19-,20-/m0/s1. The number of nitrogens with zero attached hydrogens (tertiary/aromatic N) is 2. The van der Waals surface area contributed by atoms with Crippen molar-refractivity contribution in [3.8, 4) is 5.75 Å². The number of carbonyl (C=O) groups is 1. The van der Waals surface area contributed by atoms with Crippen LogP contribution in [0.4, 0.5) is 4.39 Å². The van der Waals surface area contributed by atoms with Crippen molar-refractivity contribution in [3.05, 3.63) is 69.5 Å². The fourth-order valence-corrected chi connectivity index (χ4v) is 4.02. The number of hydrogen-bond acceptors (Lipinski definition) is 6. The van der Waals surface area contributed by atoms with Crippen LogP contribution in [0.3, 0.4) is 0 Å². The van der Waals surface area contributed by atoms with Gasteiger partial charge in [-0.3, -0.25) is 14.2 Å². The number of fused-ring (bicyclic) bond motifs is 1. The van der Waals surface area contributed by atoms with E-state index in [0.717, 1.165) is 0 Å². The van der Waals surface area contributed by atoms with E-state index in [1.54, 1.807) is 18.2 Å². The normalized spacial score (nSPS) is 18.5. The molecule has 0 unspecified atom stereocenters. The molecule has 168 valence electrons. The number of hydrogen-bond donors (Lipinski definition) is 2. The first-order valence-electron chi connectivity index (χ1n) is 10.3. The van der Waals surface area contributed by atoms with Crippen LogP contribution in [0, 0.1) is 5.82 Å². The minimum atomic E-state index is -0.791. The lowest BCUT2D eigenvalue weighted by molar-refractivity contribution is -0.0395. The number of halogens is 1. The molecule has 32 heavy (non-hydrogen) atoms. The van der Waals surface area contributed by atoms with Crippen LogP contribution in [0.5, 0.6) is 5.75 Å². The molecule has 1 fully saturated rings. The third kappa shape index (κ3) is 4.09. The summed E-state index contributed by atoms with van der Waals surface area (Å²) in [5, 5.41) is 13.0. The van der Waals surface area contributed by atoms with E-state index in [9.17, 15) is 19.1 Å². The second kappa shape index (κ2) is 9.05. The number of nitrogens with one attached hydrogen (secondary N) is 1. The zero-order valence-electron chi connectivity index (χ0n) is 17.8. The third-order valence-corrected chi connectivity index (χ3v) is 5.73. The van der Waals surface area contributed by atoms with Crippen LogP contribution >= 0.6 is 0 Å². The van der Waals surface area contributed by atoms with Crippen molar-refractivity contribution in [2.45, 2.75) is 25.0 Å². The van der Waals surface area contributed by atoms with Gasteiger partial charge < -0.3 is 19.9 Å². The van der Waals surface area contributed by atoms with Gasteiger partial charge in [0.25, 0.3) is 11.5 Å². The van der Waals surface area contributed by atoms with Gasteiger partial charge in [-0.25, -0.2) is 9.37 Å². The Balaban J connectivity index is 1.74. The van der Waals surface area contributed by atoms with Gasteiger partial charge in [0, 0.05) is 26.1 Å². The number of aliphatic hydroxyl groups excluding tert-OH is 1. The quantitative estimate of drug-likeness (QED) is 0.626. The molecule has 2 atom stereocenters. The van der Waals surface area contributed by atoms with Gasteiger partial charge in [0.05, 0.1) is 48.7 Å². The van der Waals surface area contributed by atoms with Gasteiger partial charge in [0.2, 0.25) is 0 Å². The molecule has 1 aliphatic rings. The van der Waals surface area contributed by atoms with Crippen molar-refractivity contribution in [2.75, 3.05) is 27.4 Å². The molecule has 1 amide bonds. The Hall–Kier alpha value is -3.30. The minimum absolute atomic E-state index is 0.0381. The molecule has 2 heterocycles. The molecule has 4 rings (SSSR count). The molecule has 0 spiro atoms. The van der Waals surface area contributed by atoms with Gasteiger partial charge in [-0.1, -0.05) is 6.07 Å². The summed E-state index contributed by atoms with van der Waals surface area (Å²) in [6, 6.07) is 7.34. The van der Waals surface area contributed by atoms with Crippen LogP contribution in [-0.2, 0) is 11.2 Å². The van der Waals surface area contributed by atoms with E-state index in [2.05, 4.69) is 10.3 Å². The van der Waals surface area contributed by atoms with E-state index >= 15 is 0 Å². The molecule has 3 aromatic rings. The van der Waals surface area contributed by atoms with Crippen LogP contribution in [0.15, 0.2) is 41.5 Å². The van der Waals surface area contributed by atoms with Crippen LogP contribution in [0.2, 0.25) is 0 Å². The molecule has 0 bridgehead atoms. The number of rotatable bonds is 5. The molecule has 0 radical (unpaired) electrons. The molecule has 2 aromatic carbocycles. The second-order valence-corrected chi connectivity index (χ2v) is 7.71. The molecule has 8 nitrogen and oxygen atoms in total. The fraction of sp³-hybridized carbons (Fsp3) is 0.348. The summed E-state index contributed by atoms with van der Waals surface area (Å²) in [6.07, 6.45) is 1.45. The molecular formula is C23H24FN3O5. The van der Waals surface area contributed by atoms with Crippen molar-refractivity contribution >= 4 is 16.8 Å². The molecule has 0 aliphatic carbocycles. The molecule has 0 saturated carbocycles. The van der Waals surface area contributed by atoms with Gasteiger partial charge in [-0.15, -0.1) is 0 Å². The first kappa shape index (κ1) is 21.9.